The van der Waals surface area contributed by atoms with Crippen LogP contribution in [-0.4, -0.2) is 32.2 Å². The number of ether oxygens (including phenoxy) is 4. The molecular weight excluding hydrogens is 390 g/mol. The fourth-order valence-electron chi connectivity index (χ4n) is 2.68. The molecule has 2 aromatic rings. The molecule has 1 aliphatic heterocycles. The van der Waals surface area contributed by atoms with E-state index < -0.39 is 6.61 Å². The minimum atomic E-state index is -2.89. The van der Waals surface area contributed by atoms with Crippen molar-refractivity contribution in [2.45, 2.75) is 19.6 Å². The van der Waals surface area contributed by atoms with Gasteiger partial charge < -0.3 is 29.6 Å². The van der Waals surface area contributed by atoms with Gasteiger partial charge in [0.25, 0.3) is 0 Å². The smallest absolute Gasteiger partial charge is 0.387 e. The van der Waals surface area contributed by atoms with Crippen molar-refractivity contribution < 1.29 is 27.7 Å². The summed E-state index contributed by atoms with van der Waals surface area (Å²) in [5.41, 5.74) is 1.93. The van der Waals surface area contributed by atoms with E-state index in [4.69, 9.17) is 26.4 Å². The van der Waals surface area contributed by atoms with Gasteiger partial charge in [-0.15, -0.1) is 0 Å². The normalized spacial score (nSPS) is 12.0. The van der Waals surface area contributed by atoms with E-state index in [1.807, 2.05) is 18.2 Å². The van der Waals surface area contributed by atoms with Crippen molar-refractivity contribution in [3.8, 4) is 23.0 Å². The fourth-order valence-corrected chi connectivity index (χ4v) is 2.85. The molecule has 6 nitrogen and oxygen atoms in total. The van der Waals surface area contributed by atoms with Crippen molar-refractivity contribution in [3.05, 3.63) is 47.5 Å². The van der Waals surface area contributed by atoms with Crippen molar-refractivity contribution >= 4 is 17.3 Å². The topological polar surface area (TPSA) is 61.0 Å². The van der Waals surface area contributed by atoms with Crippen molar-refractivity contribution in [3.63, 3.8) is 0 Å². The third-order valence-corrected chi connectivity index (χ3v) is 4.32. The first kappa shape index (κ1) is 19.9. The Morgan fingerprint density at radius 1 is 1.07 bits per heavy atom. The zero-order valence-corrected chi connectivity index (χ0v) is 16.0. The predicted octanol–water partition coefficient (Wildman–Crippen LogP) is 3.23. The van der Waals surface area contributed by atoms with Crippen LogP contribution in [0.25, 0.3) is 0 Å². The zero-order chi connectivity index (χ0) is 19.9. The lowest BCUT2D eigenvalue weighted by molar-refractivity contribution is -0.0512. The Morgan fingerprint density at radius 3 is 2.64 bits per heavy atom. The second kappa shape index (κ2) is 9.41. The zero-order valence-electron chi connectivity index (χ0n) is 15.2. The van der Waals surface area contributed by atoms with E-state index in [0.717, 1.165) is 22.6 Å². The van der Waals surface area contributed by atoms with Crippen LogP contribution in [0, 0.1) is 0 Å². The Hall–Kier alpha value is -2.81. The van der Waals surface area contributed by atoms with E-state index in [2.05, 4.69) is 15.4 Å². The summed E-state index contributed by atoms with van der Waals surface area (Å²) in [4.78, 5) is 0. The standard InChI is InChI=1S/C19H20F2N2O4S/c1-24-16-8-12(2-5-15(16)27-18(20)21)6-7-22-19(28)23-10-13-3-4-14-17(9-13)26-11-25-14/h2-5,8-9,18H,6-7,10-11H2,1H3,(H2,22,23,28). The Kier molecular flexibility index (Phi) is 6.70. The van der Waals surface area contributed by atoms with Crippen LogP contribution in [-0.2, 0) is 13.0 Å². The van der Waals surface area contributed by atoms with Gasteiger partial charge in [-0.2, -0.15) is 8.78 Å². The Balaban J connectivity index is 1.43. The highest BCUT2D eigenvalue weighted by molar-refractivity contribution is 7.80. The maximum absolute atomic E-state index is 12.4. The lowest BCUT2D eigenvalue weighted by atomic mass is 10.1. The van der Waals surface area contributed by atoms with Gasteiger partial charge in [-0.05, 0) is 54.0 Å². The van der Waals surface area contributed by atoms with Crippen LogP contribution in [0.5, 0.6) is 23.0 Å². The second-order valence-electron chi connectivity index (χ2n) is 5.91. The highest BCUT2D eigenvalue weighted by atomic mass is 32.1. The molecule has 0 saturated heterocycles. The number of thiocarbonyl (C=S) groups is 1. The Morgan fingerprint density at radius 2 is 1.86 bits per heavy atom. The van der Waals surface area contributed by atoms with Gasteiger partial charge in [0.2, 0.25) is 6.79 Å². The minimum Gasteiger partial charge on any atom is -0.493 e. The summed E-state index contributed by atoms with van der Waals surface area (Å²) in [6.45, 7) is -1.53. The molecule has 28 heavy (non-hydrogen) atoms. The molecule has 2 N–H and O–H groups in total. The van der Waals surface area contributed by atoms with Crippen LogP contribution in [0.4, 0.5) is 8.78 Å². The van der Waals surface area contributed by atoms with Gasteiger partial charge in [-0.25, -0.2) is 0 Å². The van der Waals surface area contributed by atoms with Gasteiger partial charge in [0, 0.05) is 13.1 Å². The van der Waals surface area contributed by atoms with E-state index in [0.29, 0.717) is 24.6 Å². The summed E-state index contributed by atoms with van der Waals surface area (Å²) >= 11 is 5.28. The lowest BCUT2D eigenvalue weighted by Gasteiger charge is -2.13. The number of hydrogen-bond acceptors (Lipinski definition) is 5. The largest absolute Gasteiger partial charge is 0.493 e. The quantitative estimate of drug-likeness (QED) is 0.648. The number of hydrogen-bond donors (Lipinski definition) is 2. The molecule has 0 bridgehead atoms. The summed E-state index contributed by atoms with van der Waals surface area (Å²) < 4.78 is 44.9. The molecular formula is C19H20F2N2O4S. The monoisotopic (exact) mass is 410 g/mol. The number of fused-ring (bicyclic) bond motifs is 1. The van der Waals surface area contributed by atoms with Gasteiger partial charge in [0.05, 0.1) is 7.11 Å². The molecule has 150 valence electrons. The van der Waals surface area contributed by atoms with Gasteiger partial charge in [-0.3, -0.25) is 0 Å². The summed E-state index contributed by atoms with van der Waals surface area (Å²) in [5.74, 6) is 1.74. The third-order valence-electron chi connectivity index (χ3n) is 4.03. The predicted molar refractivity (Wildman–Crippen MR) is 103 cm³/mol. The molecule has 1 heterocycles. The molecule has 0 atom stereocenters. The number of rotatable bonds is 8. The van der Waals surface area contributed by atoms with Crippen LogP contribution in [0.3, 0.4) is 0 Å². The molecule has 0 saturated carbocycles. The molecule has 1 aliphatic rings. The Bertz CT molecular complexity index is 836. The molecule has 0 radical (unpaired) electrons. The van der Waals surface area contributed by atoms with Crippen molar-refractivity contribution in [1.82, 2.24) is 10.6 Å². The van der Waals surface area contributed by atoms with E-state index in [-0.39, 0.29) is 18.3 Å². The van der Waals surface area contributed by atoms with E-state index in [9.17, 15) is 8.78 Å². The Labute approximate surface area is 166 Å². The summed E-state index contributed by atoms with van der Waals surface area (Å²) in [5, 5.41) is 6.75. The number of methoxy groups -OCH3 is 1. The molecule has 3 rings (SSSR count). The number of benzene rings is 2. The first-order valence-electron chi connectivity index (χ1n) is 8.57. The molecule has 0 aliphatic carbocycles. The maximum atomic E-state index is 12.4. The van der Waals surface area contributed by atoms with E-state index in [1.54, 1.807) is 12.1 Å². The first-order valence-corrected chi connectivity index (χ1v) is 8.98. The highest BCUT2D eigenvalue weighted by Gasteiger charge is 2.13. The van der Waals surface area contributed by atoms with E-state index >= 15 is 0 Å². The van der Waals surface area contributed by atoms with Crippen molar-refractivity contribution in [2.24, 2.45) is 0 Å². The van der Waals surface area contributed by atoms with Crippen LogP contribution in [0.2, 0.25) is 0 Å². The van der Waals surface area contributed by atoms with E-state index in [1.165, 1.54) is 13.2 Å². The average molecular weight is 410 g/mol. The molecule has 0 fully saturated rings. The van der Waals surface area contributed by atoms with Gasteiger partial charge in [0.15, 0.2) is 28.1 Å². The molecule has 9 heteroatoms. The van der Waals surface area contributed by atoms with Gasteiger partial charge >= 0.3 is 6.61 Å². The molecule has 2 aromatic carbocycles. The first-order chi connectivity index (χ1) is 13.5. The highest BCUT2D eigenvalue weighted by Crippen LogP contribution is 2.32. The minimum absolute atomic E-state index is 0.00937. The van der Waals surface area contributed by atoms with Crippen molar-refractivity contribution in [1.29, 1.82) is 0 Å². The lowest BCUT2D eigenvalue weighted by Crippen LogP contribution is -2.35. The third kappa shape index (κ3) is 5.35. The molecule has 0 amide bonds. The number of nitrogens with one attached hydrogen (secondary N) is 2. The van der Waals surface area contributed by atoms with Crippen LogP contribution in [0.15, 0.2) is 36.4 Å². The number of alkyl halides is 2. The van der Waals surface area contributed by atoms with Crippen LogP contribution in [0.1, 0.15) is 11.1 Å². The SMILES string of the molecule is COc1cc(CCNC(=S)NCc2ccc3c(c2)OCO3)ccc1OC(F)F. The second-order valence-corrected chi connectivity index (χ2v) is 6.32. The van der Waals surface area contributed by atoms with Gasteiger partial charge in [-0.1, -0.05) is 12.1 Å². The fraction of sp³-hybridized carbons (Fsp3) is 0.316. The summed E-state index contributed by atoms with van der Waals surface area (Å²) in [6, 6.07) is 10.6. The van der Waals surface area contributed by atoms with Gasteiger partial charge in [0.1, 0.15) is 0 Å². The molecule has 0 unspecified atom stereocenters. The van der Waals surface area contributed by atoms with Crippen molar-refractivity contribution in [2.75, 3.05) is 20.4 Å². The van der Waals surface area contributed by atoms with Crippen LogP contribution >= 0.6 is 12.2 Å². The summed E-state index contributed by atoms with van der Waals surface area (Å²) in [6.07, 6.45) is 0.636. The van der Waals surface area contributed by atoms with Crippen LogP contribution < -0.4 is 29.6 Å². The number of halogens is 2. The summed E-state index contributed by atoms with van der Waals surface area (Å²) in [7, 11) is 1.41. The molecule has 0 spiro atoms. The maximum Gasteiger partial charge on any atom is 0.387 e. The average Bonchev–Trinajstić information content (AvgIpc) is 3.15. The molecule has 0 aromatic heterocycles.